The molecule has 2 aromatic rings. The summed E-state index contributed by atoms with van der Waals surface area (Å²) < 4.78 is 2.20. The lowest BCUT2D eigenvalue weighted by molar-refractivity contribution is -0.0816. The number of nitrogens with zero attached hydrogens (tertiary/aromatic N) is 2. The fourth-order valence-corrected chi connectivity index (χ4v) is 3.18. The summed E-state index contributed by atoms with van der Waals surface area (Å²) in [4.78, 5) is 4.03. The average Bonchev–Trinajstić information content (AvgIpc) is 2.89. The minimum atomic E-state index is -0.863. The summed E-state index contributed by atoms with van der Waals surface area (Å²) in [6, 6.07) is 7.93. The van der Waals surface area contributed by atoms with Gasteiger partial charge in [0, 0.05) is 5.02 Å². The molecule has 1 aromatic heterocycles. The van der Waals surface area contributed by atoms with Gasteiger partial charge in [0.1, 0.15) is 6.33 Å². The molecule has 1 unspecified atom stereocenters. The number of aryl methyl sites for hydroxylation is 1. The average molecular weight is 368 g/mol. The van der Waals surface area contributed by atoms with Crippen molar-refractivity contribution >= 4 is 23.8 Å². The van der Waals surface area contributed by atoms with Crippen LogP contribution in [0.4, 0.5) is 0 Å². The van der Waals surface area contributed by atoms with Crippen molar-refractivity contribution in [2.45, 2.75) is 58.6 Å². The predicted octanol–water partition coefficient (Wildman–Crippen LogP) is 4.78. The monoisotopic (exact) mass is 367 g/mol. The van der Waals surface area contributed by atoms with Crippen LogP contribution in [0, 0.1) is 10.2 Å². The van der Waals surface area contributed by atoms with Crippen LogP contribution in [0.25, 0.3) is 0 Å². The molecule has 1 heterocycles. The Kier molecular flexibility index (Phi) is 6.23. The highest BCUT2D eigenvalue weighted by Gasteiger charge is 2.40. The number of aromatic nitrogens is 3. The van der Waals surface area contributed by atoms with Gasteiger partial charge in [-0.25, -0.2) is 4.98 Å². The maximum atomic E-state index is 11.3. The van der Waals surface area contributed by atoms with Crippen LogP contribution < -0.4 is 0 Å². The Hall–Kier alpha value is -1.17. The minimum Gasteiger partial charge on any atom is -0.387 e. The highest BCUT2D eigenvalue weighted by atomic mass is 35.5. The Morgan fingerprint density at radius 3 is 2.54 bits per heavy atom. The summed E-state index contributed by atoms with van der Waals surface area (Å²) in [6.45, 7) is 6.59. The fraction of sp³-hybridized carbons (Fsp3) is 0.556. The number of halogens is 1. The van der Waals surface area contributed by atoms with E-state index in [0.29, 0.717) is 17.7 Å². The molecule has 2 N–H and O–H groups in total. The first-order chi connectivity index (χ1) is 11.2. The van der Waals surface area contributed by atoms with Crippen molar-refractivity contribution in [3.63, 3.8) is 0 Å². The third-order valence-corrected chi connectivity index (χ3v) is 5.37. The predicted molar refractivity (Wildman–Crippen MR) is 101 cm³/mol. The zero-order valence-corrected chi connectivity index (χ0v) is 16.1. The van der Waals surface area contributed by atoms with E-state index in [2.05, 4.69) is 36.9 Å². The summed E-state index contributed by atoms with van der Waals surface area (Å²) >= 11 is 11.4. The van der Waals surface area contributed by atoms with Crippen molar-refractivity contribution < 1.29 is 5.11 Å². The Morgan fingerprint density at radius 1 is 1.25 bits per heavy atom. The lowest BCUT2D eigenvalue weighted by Crippen LogP contribution is -2.46. The second-order valence-corrected chi connectivity index (χ2v) is 8.11. The van der Waals surface area contributed by atoms with E-state index in [4.69, 9.17) is 23.8 Å². The molecule has 24 heavy (non-hydrogen) atoms. The van der Waals surface area contributed by atoms with Gasteiger partial charge in [0.25, 0.3) is 0 Å². The van der Waals surface area contributed by atoms with E-state index >= 15 is 0 Å². The van der Waals surface area contributed by atoms with E-state index in [1.54, 1.807) is 11.0 Å². The van der Waals surface area contributed by atoms with Crippen molar-refractivity contribution in [3.8, 4) is 0 Å². The SMILES string of the molecule is CC(C)(C)C(O)(CCCCc1ccccc1Cl)Cn1[nH]cnc1=S. The van der Waals surface area contributed by atoms with Gasteiger partial charge < -0.3 is 5.11 Å². The van der Waals surface area contributed by atoms with Crippen molar-refractivity contribution in [2.24, 2.45) is 5.41 Å². The lowest BCUT2D eigenvalue weighted by Gasteiger charge is -2.40. The molecule has 0 amide bonds. The molecule has 1 atom stereocenters. The Bertz CT molecular complexity index is 719. The molecule has 2 rings (SSSR count). The summed E-state index contributed by atoms with van der Waals surface area (Å²) in [5.74, 6) is 0. The molecule has 0 fully saturated rings. The number of unbranched alkanes of at least 4 members (excludes halogenated alkanes) is 1. The first-order valence-electron chi connectivity index (χ1n) is 8.29. The largest absolute Gasteiger partial charge is 0.387 e. The molecular formula is C18H26ClN3OS. The van der Waals surface area contributed by atoms with Crippen molar-refractivity contribution in [3.05, 3.63) is 45.9 Å². The first-order valence-corrected chi connectivity index (χ1v) is 9.07. The quantitative estimate of drug-likeness (QED) is 0.546. The van der Waals surface area contributed by atoms with Crippen LogP contribution in [0.2, 0.25) is 5.02 Å². The van der Waals surface area contributed by atoms with Gasteiger partial charge in [-0.2, -0.15) is 0 Å². The van der Waals surface area contributed by atoms with Crippen LogP contribution in [-0.2, 0) is 13.0 Å². The number of aliphatic hydroxyl groups is 1. The van der Waals surface area contributed by atoms with Gasteiger partial charge in [-0.3, -0.25) is 9.78 Å². The smallest absolute Gasteiger partial charge is 0.215 e. The van der Waals surface area contributed by atoms with Gasteiger partial charge in [0.05, 0.1) is 12.1 Å². The van der Waals surface area contributed by atoms with Crippen LogP contribution >= 0.6 is 23.8 Å². The molecule has 4 nitrogen and oxygen atoms in total. The third kappa shape index (κ3) is 4.68. The summed E-state index contributed by atoms with van der Waals surface area (Å²) in [6.07, 6.45) is 5.07. The number of benzene rings is 1. The van der Waals surface area contributed by atoms with E-state index in [0.717, 1.165) is 29.8 Å². The maximum absolute atomic E-state index is 11.3. The zero-order chi connectivity index (χ0) is 17.8. The molecule has 0 spiro atoms. The molecule has 1 aromatic carbocycles. The summed E-state index contributed by atoms with van der Waals surface area (Å²) in [7, 11) is 0. The van der Waals surface area contributed by atoms with E-state index in [1.165, 1.54) is 0 Å². The normalized spacial score (nSPS) is 14.5. The second kappa shape index (κ2) is 7.81. The molecule has 6 heteroatoms. The molecular weight excluding hydrogens is 342 g/mol. The lowest BCUT2D eigenvalue weighted by atomic mass is 9.73. The van der Waals surface area contributed by atoms with E-state index < -0.39 is 5.60 Å². The van der Waals surface area contributed by atoms with Crippen LogP contribution in [0.1, 0.15) is 45.6 Å². The zero-order valence-electron chi connectivity index (χ0n) is 14.6. The van der Waals surface area contributed by atoms with Crippen molar-refractivity contribution in [1.29, 1.82) is 0 Å². The maximum Gasteiger partial charge on any atom is 0.215 e. The Morgan fingerprint density at radius 2 is 1.96 bits per heavy atom. The minimum absolute atomic E-state index is 0.267. The number of aromatic amines is 1. The van der Waals surface area contributed by atoms with E-state index in [-0.39, 0.29) is 5.41 Å². The van der Waals surface area contributed by atoms with Gasteiger partial charge >= 0.3 is 0 Å². The fourth-order valence-electron chi connectivity index (χ4n) is 2.78. The van der Waals surface area contributed by atoms with Crippen LogP contribution in [0.5, 0.6) is 0 Å². The van der Waals surface area contributed by atoms with Gasteiger partial charge in [0.15, 0.2) is 0 Å². The molecule has 132 valence electrons. The third-order valence-electron chi connectivity index (χ3n) is 4.68. The number of hydrogen-bond acceptors (Lipinski definition) is 3. The topological polar surface area (TPSA) is 53.8 Å². The van der Waals surface area contributed by atoms with Crippen LogP contribution in [0.3, 0.4) is 0 Å². The molecule has 0 radical (unpaired) electrons. The number of rotatable bonds is 7. The van der Waals surface area contributed by atoms with Gasteiger partial charge in [-0.15, -0.1) is 0 Å². The number of H-pyrrole nitrogens is 1. The van der Waals surface area contributed by atoms with Gasteiger partial charge in [-0.05, 0) is 48.5 Å². The van der Waals surface area contributed by atoms with Gasteiger partial charge in [0.2, 0.25) is 4.77 Å². The summed E-state index contributed by atoms with van der Waals surface area (Å²) in [5, 5.41) is 15.0. The second-order valence-electron chi connectivity index (χ2n) is 7.34. The molecule has 0 saturated heterocycles. The number of hydrogen-bond donors (Lipinski definition) is 2. The van der Waals surface area contributed by atoms with E-state index in [1.807, 2.05) is 18.2 Å². The van der Waals surface area contributed by atoms with Crippen LogP contribution in [-0.4, -0.2) is 25.5 Å². The molecule has 0 aliphatic rings. The molecule has 0 bridgehead atoms. The van der Waals surface area contributed by atoms with Crippen molar-refractivity contribution in [2.75, 3.05) is 0 Å². The standard InChI is InChI=1S/C18H26ClN3OS/c1-17(2,3)18(23,12-22-16(24)20-13-21-22)11-7-6-9-14-8-4-5-10-15(14)19/h4-5,8,10,13,23H,6-7,9,11-12H2,1-3H3,(H,20,21,24). The summed E-state index contributed by atoms with van der Waals surface area (Å²) in [5.41, 5.74) is 0.0319. The van der Waals surface area contributed by atoms with Gasteiger partial charge in [-0.1, -0.05) is 57.0 Å². The highest BCUT2D eigenvalue weighted by molar-refractivity contribution is 7.71. The van der Waals surface area contributed by atoms with Crippen molar-refractivity contribution in [1.82, 2.24) is 14.8 Å². The number of nitrogens with one attached hydrogen (secondary N) is 1. The molecule has 0 saturated carbocycles. The van der Waals surface area contributed by atoms with Crippen LogP contribution in [0.15, 0.2) is 30.6 Å². The molecule has 0 aliphatic carbocycles. The van der Waals surface area contributed by atoms with E-state index in [9.17, 15) is 5.11 Å². The molecule has 0 aliphatic heterocycles. The Balaban J connectivity index is 1.98. The highest BCUT2D eigenvalue weighted by Crippen LogP contribution is 2.36. The Labute approximate surface area is 153 Å². The first kappa shape index (κ1) is 19.2.